The van der Waals surface area contributed by atoms with Crippen LogP contribution in [0.15, 0.2) is 36.4 Å². The summed E-state index contributed by atoms with van der Waals surface area (Å²) in [7, 11) is 0. The van der Waals surface area contributed by atoms with Gasteiger partial charge in [-0.1, -0.05) is 12.1 Å². The lowest BCUT2D eigenvalue weighted by atomic mass is 9.87. The van der Waals surface area contributed by atoms with Gasteiger partial charge in [0.1, 0.15) is 23.9 Å². The molecule has 2 aliphatic rings. The molecule has 2 atom stereocenters. The molecule has 0 spiro atoms. The maximum absolute atomic E-state index is 13.6. The molecule has 0 aliphatic carbocycles. The number of carbonyl (C=O) groups excluding carboxylic acids is 2. The zero-order valence-corrected chi connectivity index (χ0v) is 21.0. The normalized spacial score (nSPS) is 21.1. The summed E-state index contributed by atoms with van der Waals surface area (Å²) >= 11 is 0. The molecule has 2 fully saturated rings. The van der Waals surface area contributed by atoms with E-state index in [2.05, 4.69) is 4.98 Å². The summed E-state index contributed by atoms with van der Waals surface area (Å²) in [6.45, 7) is 4.99. The number of aryl methyl sites for hydroxylation is 2. The third-order valence-corrected chi connectivity index (χ3v) is 7.28. The molecular weight excluding hydrogens is 478 g/mol. The Labute approximate surface area is 215 Å². The van der Waals surface area contributed by atoms with E-state index in [-0.39, 0.29) is 25.6 Å². The minimum atomic E-state index is -1.33. The molecule has 1 aromatic heterocycles. The molecule has 2 saturated heterocycles. The number of aromatic nitrogens is 1. The second kappa shape index (κ2) is 10.7. The van der Waals surface area contributed by atoms with Crippen molar-refractivity contribution in [1.82, 2.24) is 20.3 Å². The van der Waals surface area contributed by atoms with E-state index in [0.29, 0.717) is 37.2 Å². The van der Waals surface area contributed by atoms with E-state index >= 15 is 0 Å². The third kappa shape index (κ3) is 5.52. The van der Waals surface area contributed by atoms with Crippen LogP contribution in [0.5, 0.6) is 5.75 Å². The number of amides is 3. The van der Waals surface area contributed by atoms with Gasteiger partial charge in [0.05, 0.1) is 0 Å². The largest absolute Gasteiger partial charge is 0.489 e. The van der Waals surface area contributed by atoms with E-state index in [1.54, 1.807) is 29.7 Å². The van der Waals surface area contributed by atoms with Crippen molar-refractivity contribution >= 4 is 17.9 Å². The Kier molecular flexibility index (Phi) is 7.65. The number of carbonyl (C=O) groups is 3. The van der Waals surface area contributed by atoms with Gasteiger partial charge in [0, 0.05) is 31.0 Å². The molecule has 3 heterocycles. The summed E-state index contributed by atoms with van der Waals surface area (Å²) in [5, 5.41) is 18.6. The van der Waals surface area contributed by atoms with Crippen LogP contribution in [0.1, 0.15) is 41.8 Å². The zero-order chi connectivity index (χ0) is 26.7. The van der Waals surface area contributed by atoms with E-state index in [0.717, 1.165) is 17.0 Å². The second-order valence-corrected chi connectivity index (χ2v) is 9.82. The molecule has 5 N–H and O–H groups in total. The second-order valence-electron chi connectivity index (χ2n) is 9.82. The number of piperidine rings is 1. The Bertz CT molecular complexity index is 1140. The molecule has 1 aromatic carbocycles. The van der Waals surface area contributed by atoms with Crippen LogP contribution in [0.3, 0.4) is 0 Å². The van der Waals surface area contributed by atoms with Gasteiger partial charge in [0.2, 0.25) is 5.91 Å². The minimum Gasteiger partial charge on any atom is -0.489 e. The van der Waals surface area contributed by atoms with Crippen molar-refractivity contribution in [3.8, 4) is 5.75 Å². The van der Waals surface area contributed by atoms with Crippen LogP contribution >= 0.6 is 0 Å². The lowest BCUT2D eigenvalue weighted by Crippen LogP contribution is -2.56. The average molecular weight is 512 g/mol. The van der Waals surface area contributed by atoms with Crippen LogP contribution in [-0.2, 0) is 21.7 Å². The average Bonchev–Trinajstić information content (AvgIpc) is 3.18. The van der Waals surface area contributed by atoms with E-state index < -0.39 is 29.5 Å². The molecule has 4 rings (SSSR count). The number of hydroxylamine groups is 1. The smallest absolute Gasteiger partial charge is 0.407 e. The lowest BCUT2D eigenvalue weighted by molar-refractivity contribution is -0.147. The van der Waals surface area contributed by atoms with E-state index in [9.17, 15) is 24.7 Å². The molecule has 2 aliphatic heterocycles. The van der Waals surface area contributed by atoms with E-state index in [1.807, 2.05) is 26.0 Å². The highest BCUT2D eigenvalue weighted by atomic mass is 16.5. The molecule has 0 radical (unpaired) electrons. The van der Waals surface area contributed by atoms with Gasteiger partial charge in [-0.05, 0) is 74.4 Å². The van der Waals surface area contributed by atoms with Crippen LogP contribution in [0.25, 0.3) is 0 Å². The van der Waals surface area contributed by atoms with Crippen molar-refractivity contribution in [3.05, 3.63) is 58.9 Å². The number of hydrogen-bond acceptors (Lipinski definition) is 7. The third-order valence-electron chi connectivity index (χ3n) is 7.28. The first kappa shape index (κ1) is 26.4. The summed E-state index contributed by atoms with van der Waals surface area (Å²) in [5.74, 6) is -0.773. The van der Waals surface area contributed by atoms with Crippen LogP contribution in [0.2, 0.25) is 0 Å². The summed E-state index contributed by atoms with van der Waals surface area (Å²) in [4.78, 5) is 44.5. The van der Waals surface area contributed by atoms with Crippen LogP contribution in [0.4, 0.5) is 4.79 Å². The highest BCUT2D eigenvalue weighted by Gasteiger charge is 2.50. The topological polar surface area (TPSA) is 158 Å². The number of rotatable bonds is 7. The van der Waals surface area contributed by atoms with Crippen LogP contribution in [-0.4, -0.2) is 68.7 Å². The SMILES string of the molecule is Cc1cc(COc2ccc(C3(N)CCN(C(C(=O)NO)C4CCN(C(=O)O)CC4)C3=O)cc2)cc(C)n1. The molecule has 198 valence electrons. The molecule has 0 bridgehead atoms. The predicted octanol–water partition coefficient (Wildman–Crippen LogP) is 1.93. The summed E-state index contributed by atoms with van der Waals surface area (Å²) in [6, 6.07) is 10.0. The quantitative estimate of drug-likeness (QED) is 0.324. The van der Waals surface area contributed by atoms with Crippen LogP contribution in [0, 0.1) is 19.8 Å². The number of nitrogens with zero attached hydrogens (tertiary/aromatic N) is 3. The highest BCUT2D eigenvalue weighted by Crippen LogP contribution is 2.36. The standard InChI is InChI=1S/C26H33N5O6/c1-16-13-18(14-17(2)28-16)15-37-21-5-3-20(4-6-21)26(27)9-12-31(24(26)33)22(23(32)29-36)19-7-10-30(11-8-19)25(34)35/h3-6,13-14,19,22,36H,7-12,15,27H2,1-2H3,(H,29,32)(H,34,35). The number of pyridine rings is 1. The Morgan fingerprint density at radius 1 is 1.16 bits per heavy atom. The number of ether oxygens (including phenoxy) is 1. The number of nitrogens with two attached hydrogens (primary N) is 1. The van der Waals surface area contributed by atoms with E-state index in [4.69, 9.17) is 10.5 Å². The fourth-order valence-corrected chi connectivity index (χ4v) is 5.40. The summed E-state index contributed by atoms with van der Waals surface area (Å²) in [6.07, 6.45) is 0.0752. The molecule has 0 saturated carbocycles. The van der Waals surface area contributed by atoms with Crippen molar-refractivity contribution in [2.75, 3.05) is 19.6 Å². The van der Waals surface area contributed by atoms with Crippen molar-refractivity contribution in [3.63, 3.8) is 0 Å². The Hall–Kier alpha value is -3.70. The van der Waals surface area contributed by atoms with Gasteiger partial charge in [-0.2, -0.15) is 0 Å². The van der Waals surface area contributed by atoms with Crippen LogP contribution < -0.4 is 16.0 Å². The van der Waals surface area contributed by atoms with Gasteiger partial charge < -0.3 is 25.4 Å². The maximum atomic E-state index is 13.6. The van der Waals surface area contributed by atoms with Crippen molar-refractivity contribution < 1.29 is 29.4 Å². The van der Waals surface area contributed by atoms with Gasteiger partial charge in [-0.25, -0.2) is 10.3 Å². The summed E-state index contributed by atoms with van der Waals surface area (Å²) < 4.78 is 5.90. The van der Waals surface area contributed by atoms with Gasteiger partial charge in [0.25, 0.3) is 5.91 Å². The highest BCUT2D eigenvalue weighted by molar-refractivity contribution is 5.94. The minimum absolute atomic E-state index is 0.242. The Balaban J connectivity index is 1.46. The van der Waals surface area contributed by atoms with Gasteiger partial charge in [-0.15, -0.1) is 0 Å². The van der Waals surface area contributed by atoms with Crippen molar-refractivity contribution in [2.45, 2.75) is 51.3 Å². The number of likely N-dealkylation sites (tertiary alicyclic amines) is 2. The summed E-state index contributed by atoms with van der Waals surface area (Å²) in [5.41, 5.74) is 10.4. The number of nitrogens with one attached hydrogen (secondary N) is 1. The number of hydrogen-bond donors (Lipinski definition) is 4. The lowest BCUT2D eigenvalue weighted by Gasteiger charge is -2.38. The molecule has 3 amide bonds. The van der Waals surface area contributed by atoms with E-state index in [1.165, 1.54) is 9.80 Å². The number of benzene rings is 1. The fourth-order valence-electron chi connectivity index (χ4n) is 5.40. The molecule has 2 aromatic rings. The predicted molar refractivity (Wildman–Crippen MR) is 133 cm³/mol. The monoisotopic (exact) mass is 511 g/mol. The molecule has 11 nitrogen and oxygen atoms in total. The zero-order valence-electron chi connectivity index (χ0n) is 21.0. The van der Waals surface area contributed by atoms with Gasteiger partial charge >= 0.3 is 6.09 Å². The van der Waals surface area contributed by atoms with Gasteiger partial charge in [0.15, 0.2) is 0 Å². The molecule has 2 unspecified atom stereocenters. The van der Waals surface area contributed by atoms with Gasteiger partial charge in [-0.3, -0.25) is 19.8 Å². The molecular formula is C26H33N5O6. The molecule has 11 heteroatoms. The first-order chi connectivity index (χ1) is 17.6. The van der Waals surface area contributed by atoms with Crippen molar-refractivity contribution in [2.24, 2.45) is 11.7 Å². The first-order valence-electron chi connectivity index (χ1n) is 12.3. The maximum Gasteiger partial charge on any atom is 0.407 e. The Morgan fingerprint density at radius 2 is 1.78 bits per heavy atom. The fraction of sp³-hybridized carbons (Fsp3) is 0.462. The number of carboxylic acid groups (broad SMARTS) is 1. The molecule has 37 heavy (non-hydrogen) atoms. The Morgan fingerprint density at radius 3 is 2.35 bits per heavy atom. The van der Waals surface area contributed by atoms with Crippen molar-refractivity contribution in [1.29, 1.82) is 0 Å². The first-order valence-corrected chi connectivity index (χ1v) is 12.3.